The van der Waals surface area contributed by atoms with Crippen molar-refractivity contribution in [3.05, 3.63) is 16.6 Å². The number of aromatic nitrogens is 1. The van der Waals surface area contributed by atoms with E-state index in [0.717, 1.165) is 24.4 Å². The molecule has 1 aliphatic rings. The average Bonchev–Trinajstić information content (AvgIpc) is 2.90. The molecule has 21 heavy (non-hydrogen) atoms. The SMILES string of the molecule is CC(=O)NC1CCCN(C(=O)CN(C)Cc2nccs2)C1. The molecule has 2 heterocycles. The zero-order chi connectivity index (χ0) is 15.2. The summed E-state index contributed by atoms with van der Waals surface area (Å²) in [6, 6.07) is 0.0875. The van der Waals surface area contributed by atoms with Crippen molar-refractivity contribution in [3.8, 4) is 0 Å². The lowest BCUT2D eigenvalue weighted by molar-refractivity contribution is -0.134. The van der Waals surface area contributed by atoms with Gasteiger partial charge in [0.05, 0.1) is 13.1 Å². The number of rotatable bonds is 5. The maximum Gasteiger partial charge on any atom is 0.236 e. The Balaban J connectivity index is 1.80. The first kappa shape index (κ1) is 15.9. The summed E-state index contributed by atoms with van der Waals surface area (Å²) in [6.07, 6.45) is 3.66. The van der Waals surface area contributed by atoms with Crippen molar-refractivity contribution in [1.29, 1.82) is 0 Å². The number of nitrogens with zero attached hydrogens (tertiary/aromatic N) is 3. The molecule has 6 nitrogen and oxygen atoms in total. The molecule has 1 aromatic rings. The monoisotopic (exact) mass is 310 g/mol. The van der Waals surface area contributed by atoms with Crippen LogP contribution in [0.1, 0.15) is 24.8 Å². The number of nitrogens with one attached hydrogen (secondary N) is 1. The third-order valence-corrected chi connectivity index (χ3v) is 4.24. The minimum Gasteiger partial charge on any atom is -0.352 e. The maximum absolute atomic E-state index is 12.3. The smallest absolute Gasteiger partial charge is 0.236 e. The van der Waals surface area contributed by atoms with Gasteiger partial charge in [-0.05, 0) is 19.9 Å². The molecule has 0 saturated carbocycles. The highest BCUT2D eigenvalue weighted by Gasteiger charge is 2.24. The molecule has 2 amide bonds. The first-order valence-corrected chi connectivity index (χ1v) is 8.04. The standard InChI is InChI=1S/C14H22N4O2S/c1-11(19)16-12-4-3-6-18(8-12)14(20)10-17(2)9-13-15-5-7-21-13/h5,7,12H,3-4,6,8-10H2,1-2H3,(H,16,19). The quantitative estimate of drug-likeness (QED) is 0.869. The molecule has 1 aromatic heterocycles. The molecular formula is C14H22N4O2S. The lowest BCUT2D eigenvalue weighted by atomic mass is 10.1. The summed E-state index contributed by atoms with van der Waals surface area (Å²) < 4.78 is 0. The van der Waals surface area contributed by atoms with Crippen LogP contribution in [0.15, 0.2) is 11.6 Å². The Morgan fingerprint density at radius 1 is 1.57 bits per heavy atom. The first-order chi connectivity index (χ1) is 10.0. The lowest BCUT2D eigenvalue weighted by Gasteiger charge is -2.34. The third kappa shape index (κ3) is 5.09. The van der Waals surface area contributed by atoms with E-state index in [1.807, 2.05) is 22.2 Å². The molecular weight excluding hydrogens is 288 g/mol. The molecule has 1 aliphatic heterocycles. The Kier molecular flexibility index (Phi) is 5.69. The molecule has 1 fully saturated rings. The molecule has 0 aliphatic carbocycles. The van der Waals surface area contributed by atoms with Gasteiger partial charge in [-0.1, -0.05) is 0 Å². The first-order valence-electron chi connectivity index (χ1n) is 7.16. The zero-order valence-electron chi connectivity index (χ0n) is 12.5. The van der Waals surface area contributed by atoms with Crippen LogP contribution >= 0.6 is 11.3 Å². The van der Waals surface area contributed by atoms with Crippen LogP contribution in [0.4, 0.5) is 0 Å². The highest BCUT2D eigenvalue weighted by Crippen LogP contribution is 2.12. The number of piperidine rings is 1. The highest BCUT2D eigenvalue weighted by molar-refractivity contribution is 7.09. The number of likely N-dealkylation sites (N-methyl/N-ethyl adjacent to an activating group) is 1. The predicted molar refractivity (Wildman–Crippen MR) is 81.9 cm³/mol. The van der Waals surface area contributed by atoms with Crippen LogP contribution in [0.25, 0.3) is 0 Å². The molecule has 116 valence electrons. The van der Waals surface area contributed by atoms with Gasteiger partial charge >= 0.3 is 0 Å². The van der Waals surface area contributed by atoms with Gasteiger partial charge in [-0.3, -0.25) is 14.5 Å². The summed E-state index contributed by atoms with van der Waals surface area (Å²) in [7, 11) is 1.93. The van der Waals surface area contributed by atoms with Gasteiger partial charge in [0.25, 0.3) is 0 Å². The normalized spacial score (nSPS) is 18.8. The topological polar surface area (TPSA) is 65.5 Å². The van der Waals surface area contributed by atoms with Crippen molar-refractivity contribution in [2.75, 3.05) is 26.7 Å². The van der Waals surface area contributed by atoms with Gasteiger partial charge in [-0.25, -0.2) is 4.98 Å². The second kappa shape index (κ2) is 7.51. The summed E-state index contributed by atoms with van der Waals surface area (Å²) >= 11 is 1.60. The molecule has 0 bridgehead atoms. The second-order valence-corrected chi connectivity index (χ2v) is 6.46. The van der Waals surface area contributed by atoms with E-state index < -0.39 is 0 Å². The number of thiazole rings is 1. The molecule has 1 unspecified atom stereocenters. The van der Waals surface area contributed by atoms with Crippen LogP contribution < -0.4 is 5.32 Å². The number of hydrogen-bond donors (Lipinski definition) is 1. The van der Waals surface area contributed by atoms with Crippen molar-refractivity contribution in [2.24, 2.45) is 0 Å². The summed E-state index contributed by atoms with van der Waals surface area (Å²) in [6.45, 7) is 3.98. The largest absolute Gasteiger partial charge is 0.352 e. The Morgan fingerprint density at radius 3 is 3.05 bits per heavy atom. The summed E-state index contributed by atoms with van der Waals surface area (Å²) in [5, 5.41) is 5.85. The minimum absolute atomic E-state index is 0.0322. The van der Waals surface area contributed by atoms with Crippen LogP contribution in [0, 0.1) is 0 Å². The van der Waals surface area contributed by atoms with Crippen molar-refractivity contribution in [3.63, 3.8) is 0 Å². The van der Waals surface area contributed by atoms with Gasteiger partial charge in [-0.15, -0.1) is 11.3 Å². The van der Waals surface area contributed by atoms with Crippen molar-refractivity contribution in [2.45, 2.75) is 32.4 Å². The molecule has 0 aromatic carbocycles. The molecule has 1 N–H and O–H groups in total. The Bertz CT molecular complexity index is 477. The lowest BCUT2D eigenvalue weighted by Crippen LogP contribution is -2.51. The van der Waals surface area contributed by atoms with E-state index in [2.05, 4.69) is 10.3 Å². The Morgan fingerprint density at radius 2 is 2.38 bits per heavy atom. The van der Waals surface area contributed by atoms with Crippen molar-refractivity contribution < 1.29 is 9.59 Å². The number of likely N-dealkylation sites (tertiary alicyclic amines) is 1. The van der Waals surface area contributed by atoms with Gasteiger partial charge in [0.1, 0.15) is 5.01 Å². The van der Waals surface area contributed by atoms with Gasteiger partial charge in [0.15, 0.2) is 0 Å². The summed E-state index contributed by atoms with van der Waals surface area (Å²) in [5.74, 6) is 0.0827. The van der Waals surface area contributed by atoms with Gasteiger partial charge < -0.3 is 10.2 Å². The third-order valence-electron chi connectivity index (χ3n) is 3.48. The molecule has 0 spiro atoms. The maximum atomic E-state index is 12.3. The van der Waals surface area contributed by atoms with Crippen LogP contribution in [0.2, 0.25) is 0 Å². The number of amides is 2. The van der Waals surface area contributed by atoms with E-state index in [1.54, 1.807) is 17.5 Å². The molecule has 0 radical (unpaired) electrons. The molecule has 1 atom stereocenters. The second-order valence-electron chi connectivity index (χ2n) is 5.48. The van der Waals surface area contributed by atoms with E-state index in [9.17, 15) is 9.59 Å². The van der Waals surface area contributed by atoms with Gasteiger partial charge in [-0.2, -0.15) is 0 Å². The van der Waals surface area contributed by atoms with E-state index in [4.69, 9.17) is 0 Å². The van der Waals surface area contributed by atoms with Crippen molar-refractivity contribution >= 4 is 23.2 Å². The number of hydrogen-bond acceptors (Lipinski definition) is 5. The molecule has 7 heteroatoms. The van der Waals surface area contributed by atoms with E-state index in [-0.39, 0.29) is 17.9 Å². The number of carbonyl (C=O) groups is 2. The van der Waals surface area contributed by atoms with Crippen LogP contribution in [-0.2, 0) is 16.1 Å². The predicted octanol–water partition coefficient (Wildman–Crippen LogP) is 0.702. The fraction of sp³-hybridized carbons (Fsp3) is 0.643. The van der Waals surface area contributed by atoms with Gasteiger partial charge in [0, 0.05) is 37.6 Å². The molecule has 1 saturated heterocycles. The average molecular weight is 310 g/mol. The van der Waals surface area contributed by atoms with Crippen LogP contribution in [-0.4, -0.2) is 59.3 Å². The molecule has 2 rings (SSSR count). The Labute approximate surface area is 129 Å². The summed E-state index contributed by atoms with van der Waals surface area (Å²) in [4.78, 5) is 31.5. The highest BCUT2D eigenvalue weighted by atomic mass is 32.1. The van der Waals surface area contributed by atoms with Crippen LogP contribution in [0.5, 0.6) is 0 Å². The van der Waals surface area contributed by atoms with Gasteiger partial charge in [0.2, 0.25) is 11.8 Å². The fourth-order valence-electron chi connectivity index (χ4n) is 2.56. The van der Waals surface area contributed by atoms with Crippen LogP contribution in [0.3, 0.4) is 0 Å². The van der Waals surface area contributed by atoms with Crippen molar-refractivity contribution in [1.82, 2.24) is 20.1 Å². The number of carbonyl (C=O) groups excluding carboxylic acids is 2. The van der Waals surface area contributed by atoms with E-state index in [1.165, 1.54) is 6.92 Å². The summed E-state index contributed by atoms with van der Waals surface area (Å²) in [5.41, 5.74) is 0. The van der Waals surface area contributed by atoms with E-state index in [0.29, 0.717) is 19.6 Å². The minimum atomic E-state index is -0.0322. The van der Waals surface area contributed by atoms with E-state index >= 15 is 0 Å². The fourth-order valence-corrected chi connectivity index (χ4v) is 3.25. The Hall–Kier alpha value is -1.47. The zero-order valence-corrected chi connectivity index (χ0v) is 13.4.